The molecule has 2 rings (SSSR count). The Hall–Kier alpha value is -1.81. The van der Waals surface area contributed by atoms with E-state index in [4.69, 9.17) is 0 Å². The molecule has 0 unspecified atom stereocenters. The SMILES string of the molecule is CCNc1nc(C)c([N+](=O)[O-])c(Sc2nc(CC)ns2)n1. The van der Waals surface area contributed by atoms with Gasteiger partial charge in [0.2, 0.25) is 5.95 Å². The summed E-state index contributed by atoms with van der Waals surface area (Å²) in [6.45, 7) is 6.10. The third kappa shape index (κ3) is 3.64. The maximum Gasteiger partial charge on any atom is 0.322 e. The van der Waals surface area contributed by atoms with Crippen molar-refractivity contribution in [3.8, 4) is 0 Å². The normalized spacial score (nSPS) is 10.6. The summed E-state index contributed by atoms with van der Waals surface area (Å²) in [5.41, 5.74) is 0.239. The molecule has 0 radical (unpaired) electrons. The molecule has 2 aromatic heterocycles. The zero-order valence-corrected chi connectivity index (χ0v) is 13.4. The first-order valence-corrected chi connectivity index (χ1v) is 7.91. The molecule has 0 atom stereocenters. The fraction of sp³-hybridized carbons (Fsp3) is 0.455. The van der Waals surface area contributed by atoms with Crippen LogP contribution in [-0.4, -0.2) is 30.8 Å². The summed E-state index contributed by atoms with van der Waals surface area (Å²) in [5.74, 6) is 1.10. The molecule has 0 saturated heterocycles. The molecule has 1 N–H and O–H groups in total. The molecule has 0 bridgehead atoms. The maximum absolute atomic E-state index is 11.2. The summed E-state index contributed by atoms with van der Waals surface area (Å²) in [4.78, 5) is 23.4. The summed E-state index contributed by atoms with van der Waals surface area (Å²) in [7, 11) is 0. The number of aromatic nitrogens is 4. The van der Waals surface area contributed by atoms with Crippen molar-refractivity contribution in [3.05, 3.63) is 21.6 Å². The first-order valence-electron chi connectivity index (χ1n) is 6.32. The van der Waals surface area contributed by atoms with Crippen LogP contribution in [0.15, 0.2) is 9.37 Å². The fourth-order valence-corrected chi connectivity index (χ4v) is 3.33. The highest BCUT2D eigenvalue weighted by atomic mass is 32.2. The van der Waals surface area contributed by atoms with Gasteiger partial charge in [0, 0.05) is 13.0 Å². The van der Waals surface area contributed by atoms with Crippen LogP contribution in [0, 0.1) is 17.0 Å². The molecule has 0 aliphatic carbocycles. The van der Waals surface area contributed by atoms with E-state index in [-0.39, 0.29) is 10.7 Å². The van der Waals surface area contributed by atoms with Crippen molar-refractivity contribution in [2.24, 2.45) is 0 Å². The van der Waals surface area contributed by atoms with E-state index < -0.39 is 4.92 Å². The topological polar surface area (TPSA) is 107 Å². The van der Waals surface area contributed by atoms with Gasteiger partial charge in [0.05, 0.1) is 4.92 Å². The van der Waals surface area contributed by atoms with E-state index in [1.54, 1.807) is 6.92 Å². The predicted molar refractivity (Wildman–Crippen MR) is 81.0 cm³/mol. The van der Waals surface area contributed by atoms with Gasteiger partial charge in [-0.1, -0.05) is 6.92 Å². The Morgan fingerprint density at radius 3 is 2.67 bits per heavy atom. The van der Waals surface area contributed by atoms with Gasteiger partial charge in [-0.2, -0.15) is 9.36 Å². The second-order valence-electron chi connectivity index (χ2n) is 4.01. The first-order chi connectivity index (χ1) is 10.0. The zero-order valence-electron chi connectivity index (χ0n) is 11.8. The van der Waals surface area contributed by atoms with E-state index in [1.807, 2.05) is 13.8 Å². The summed E-state index contributed by atoms with van der Waals surface area (Å²) < 4.78 is 4.80. The van der Waals surface area contributed by atoms with Crippen molar-refractivity contribution < 1.29 is 4.92 Å². The van der Waals surface area contributed by atoms with Crippen molar-refractivity contribution in [3.63, 3.8) is 0 Å². The largest absolute Gasteiger partial charge is 0.354 e. The van der Waals surface area contributed by atoms with Crippen LogP contribution in [0.5, 0.6) is 0 Å². The zero-order chi connectivity index (χ0) is 15.4. The number of anilines is 1. The molecule has 2 heterocycles. The number of aryl methyl sites for hydroxylation is 2. The third-order valence-corrected chi connectivity index (χ3v) is 4.26. The number of nitrogens with one attached hydrogen (secondary N) is 1. The molecule has 0 amide bonds. The lowest BCUT2D eigenvalue weighted by Crippen LogP contribution is -2.07. The van der Waals surface area contributed by atoms with Crippen molar-refractivity contribution >= 4 is 34.9 Å². The van der Waals surface area contributed by atoms with Gasteiger partial charge in [-0.25, -0.2) is 9.97 Å². The first kappa shape index (κ1) is 15.6. The average molecular weight is 326 g/mol. The van der Waals surface area contributed by atoms with Gasteiger partial charge in [0.25, 0.3) is 0 Å². The van der Waals surface area contributed by atoms with Crippen LogP contribution in [0.1, 0.15) is 25.4 Å². The molecule has 2 aromatic rings. The van der Waals surface area contributed by atoms with Crippen LogP contribution in [0.3, 0.4) is 0 Å². The van der Waals surface area contributed by atoms with Crippen LogP contribution >= 0.6 is 23.3 Å². The second kappa shape index (κ2) is 6.76. The molecule has 0 spiro atoms. The van der Waals surface area contributed by atoms with Gasteiger partial charge >= 0.3 is 5.69 Å². The van der Waals surface area contributed by atoms with E-state index in [0.717, 1.165) is 24.0 Å². The number of hydrogen-bond acceptors (Lipinski definition) is 9. The molecule has 0 aliphatic rings. The second-order valence-corrected chi connectivity index (χ2v) is 5.99. The lowest BCUT2D eigenvalue weighted by atomic mass is 10.4. The van der Waals surface area contributed by atoms with Crippen molar-refractivity contribution in [1.29, 1.82) is 0 Å². The molecule has 0 fully saturated rings. The lowest BCUT2D eigenvalue weighted by Gasteiger charge is -2.06. The van der Waals surface area contributed by atoms with Gasteiger partial charge < -0.3 is 5.32 Å². The Labute approximate surface area is 129 Å². The predicted octanol–water partition coefficient (Wildman–Crippen LogP) is 2.69. The summed E-state index contributed by atoms with van der Waals surface area (Å²) in [6, 6.07) is 0. The fourth-order valence-electron chi connectivity index (χ4n) is 1.56. The van der Waals surface area contributed by atoms with E-state index in [2.05, 4.69) is 24.6 Å². The highest BCUT2D eigenvalue weighted by Gasteiger charge is 2.24. The summed E-state index contributed by atoms with van der Waals surface area (Å²) in [6.07, 6.45) is 0.727. The molecule has 8 nitrogen and oxygen atoms in total. The van der Waals surface area contributed by atoms with Crippen molar-refractivity contribution in [2.45, 2.75) is 36.6 Å². The Morgan fingerprint density at radius 2 is 2.10 bits per heavy atom. The highest BCUT2D eigenvalue weighted by Crippen LogP contribution is 2.36. The minimum absolute atomic E-state index is 0.0881. The van der Waals surface area contributed by atoms with Crippen LogP contribution in [0.25, 0.3) is 0 Å². The van der Waals surface area contributed by atoms with Crippen LogP contribution in [0.2, 0.25) is 0 Å². The van der Waals surface area contributed by atoms with Gasteiger partial charge in [0.15, 0.2) is 9.37 Å². The number of hydrogen-bond donors (Lipinski definition) is 1. The van der Waals surface area contributed by atoms with Gasteiger partial charge in [0.1, 0.15) is 11.5 Å². The van der Waals surface area contributed by atoms with Gasteiger partial charge in [-0.3, -0.25) is 10.1 Å². The van der Waals surface area contributed by atoms with Crippen LogP contribution in [0.4, 0.5) is 11.6 Å². The standard InChI is InChI=1S/C11H14N6O2S2/c1-4-7-14-11(21-16-7)20-9-8(17(18)19)6(3)13-10(15-9)12-5-2/h4-5H2,1-3H3,(H,12,13,15). The monoisotopic (exact) mass is 326 g/mol. The Morgan fingerprint density at radius 1 is 1.33 bits per heavy atom. The average Bonchev–Trinajstić information content (AvgIpc) is 2.85. The molecule has 21 heavy (non-hydrogen) atoms. The van der Waals surface area contributed by atoms with Crippen molar-refractivity contribution in [1.82, 2.24) is 19.3 Å². The van der Waals surface area contributed by atoms with Gasteiger partial charge in [-0.05, 0) is 37.1 Å². The number of rotatable bonds is 6. The molecule has 0 aliphatic heterocycles. The molecule has 112 valence electrons. The minimum Gasteiger partial charge on any atom is -0.354 e. The van der Waals surface area contributed by atoms with E-state index >= 15 is 0 Å². The molecule has 0 saturated carbocycles. The number of nitro groups is 1. The third-order valence-electron chi connectivity index (χ3n) is 2.49. The lowest BCUT2D eigenvalue weighted by molar-refractivity contribution is -0.389. The Bertz CT molecular complexity index is 660. The highest BCUT2D eigenvalue weighted by molar-refractivity contribution is 8.01. The van der Waals surface area contributed by atoms with Crippen LogP contribution in [-0.2, 0) is 6.42 Å². The Balaban J connectivity index is 2.41. The molecule has 10 heteroatoms. The number of nitrogens with zero attached hydrogens (tertiary/aromatic N) is 5. The maximum atomic E-state index is 11.2. The quantitative estimate of drug-likeness (QED) is 0.490. The minimum atomic E-state index is -0.463. The molecular formula is C11H14N6O2S2. The molecule has 0 aromatic carbocycles. The van der Waals surface area contributed by atoms with Crippen LogP contribution < -0.4 is 5.32 Å². The van der Waals surface area contributed by atoms with Gasteiger partial charge in [-0.15, -0.1) is 0 Å². The van der Waals surface area contributed by atoms with Crippen molar-refractivity contribution in [2.75, 3.05) is 11.9 Å². The molecular weight excluding hydrogens is 312 g/mol. The smallest absolute Gasteiger partial charge is 0.322 e. The summed E-state index contributed by atoms with van der Waals surface area (Å²) >= 11 is 2.36. The summed E-state index contributed by atoms with van der Waals surface area (Å²) in [5, 5.41) is 14.5. The van der Waals surface area contributed by atoms with E-state index in [9.17, 15) is 10.1 Å². The Kier molecular flexibility index (Phi) is 5.02. The van der Waals surface area contributed by atoms with E-state index in [0.29, 0.717) is 22.5 Å². The van der Waals surface area contributed by atoms with E-state index in [1.165, 1.54) is 11.5 Å².